The van der Waals surface area contributed by atoms with Gasteiger partial charge < -0.3 is 10.2 Å². The summed E-state index contributed by atoms with van der Waals surface area (Å²) >= 11 is 12.1. The molecule has 0 amide bonds. The number of nitrogens with one attached hydrogen (secondary N) is 1. The van der Waals surface area contributed by atoms with Gasteiger partial charge in [-0.25, -0.2) is 0 Å². The lowest BCUT2D eigenvalue weighted by atomic mass is 9.95. The Hall–Kier alpha value is -0.540. The van der Waals surface area contributed by atoms with Crippen molar-refractivity contribution in [1.82, 2.24) is 10.2 Å². The van der Waals surface area contributed by atoms with Crippen molar-refractivity contribution in [3.8, 4) is 0 Å². The fourth-order valence-corrected chi connectivity index (χ4v) is 2.39. The minimum absolute atomic E-state index is 0.437. The molecule has 1 unspecified atom stereocenters. The molecule has 0 aliphatic rings. The van der Waals surface area contributed by atoms with Crippen LogP contribution in [-0.4, -0.2) is 38.6 Å². The summed E-state index contributed by atoms with van der Waals surface area (Å²) < 4.78 is 0. The zero-order valence-corrected chi connectivity index (χ0v) is 13.1. The van der Waals surface area contributed by atoms with Gasteiger partial charge in [0.2, 0.25) is 0 Å². The van der Waals surface area contributed by atoms with Crippen molar-refractivity contribution in [1.29, 1.82) is 0 Å². The molecule has 1 rings (SSSR count). The van der Waals surface area contributed by atoms with E-state index >= 15 is 0 Å². The zero-order chi connectivity index (χ0) is 14.3. The van der Waals surface area contributed by atoms with Gasteiger partial charge in [0.15, 0.2) is 0 Å². The molecule has 0 heterocycles. The first-order valence-corrected chi connectivity index (χ1v) is 7.23. The summed E-state index contributed by atoms with van der Waals surface area (Å²) in [6.07, 6.45) is 3.00. The topological polar surface area (TPSA) is 15.3 Å². The van der Waals surface area contributed by atoms with Gasteiger partial charge >= 0.3 is 0 Å². The second kappa shape index (κ2) is 8.60. The van der Waals surface area contributed by atoms with Gasteiger partial charge in [0.05, 0.1) is 10.0 Å². The largest absolute Gasteiger partial charge is 0.319 e. The van der Waals surface area contributed by atoms with Gasteiger partial charge in [-0.15, -0.1) is 6.58 Å². The Bertz CT molecular complexity index is 407. The van der Waals surface area contributed by atoms with Gasteiger partial charge in [-0.05, 0) is 50.7 Å². The molecule has 106 valence electrons. The van der Waals surface area contributed by atoms with Crippen molar-refractivity contribution < 1.29 is 0 Å². The first-order valence-electron chi connectivity index (χ1n) is 6.47. The van der Waals surface area contributed by atoms with Crippen LogP contribution in [0, 0.1) is 0 Å². The number of hydrogen-bond donors (Lipinski definition) is 1. The highest BCUT2D eigenvalue weighted by molar-refractivity contribution is 6.42. The predicted octanol–water partition coefficient (Wildman–Crippen LogP) is 3.80. The smallest absolute Gasteiger partial charge is 0.0595 e. The Kier molecular flexibility index (Phi) is 7.47. The second-order valence-corrected chi connectivity index (χ2v) is 5.58. The first-order chi connectivity index (χ1) is 9.08. The van der Waals surface area contributed by atoms with E-state index in [1.807, 2.05) is 25.3 Å². The van der Waals surface area contributed by atoms with Crippen LogP contribution in [0.5, 0.6) is 0 Å². The molecular formula is C15H22Cl2N2. The van der Waals surface area contributed by atoms with Gasteiger partial charge in [0.25, 0.3) is 0 Å². The maximum absolute atomic E-state index is 6.09. The van der Waals surface area contributed by atoms with E-state index < -0.39 is 0 Å². The number of nitrogens with zero attached hydrogens (tertiary/aromatic N) is 1. The van der Waals surface area contributed by atoms with Crippen LogP contribution in [0.2, 0.25) is 10.0 Å². The molecular weight excluding hydrogens is 279 g/mol. The summed E-state index contributed by atoms with van der Waals surface area (Å²) in [6.45, 7) is 6.62. The lowest BCUT2D eigenvalue weighted by Crippen LogP contribution is -2.25. The molecule has 0 radical (unpaired) electrons. The standard InChI is InChI=1S/C15H22Cl2N2/c1-4-8-19(3)9-7-13(11-18-2)12-5-6-14(16)15(17)10-12/h4-6,10,13,18H,1,7-9,11H2,2-3H3. The van der Waals surface area contributed by atoms with Crippen molar-refractivity contribution in [3.63, 3.8) is 0 Å². The van der Waals surface area contributed by atoms with Gasteiger partial charge in [-0.2, -0.15) is 0 Å². The van der Waals surface area contributed by atoms with Gasteiger partial charge in [-0.3, -0.25) is 0 Å². The van der Waals surface area contributed by atoms with Crippen LogP contribution in [0.25, 0.3) is 0 Å². The Balaban J connectivity index is 2.70. The van der Waals surface area contributed by atoms with Crippen LogP contribution in [0.15, 0.2) is 30.9 Å². The van der Waals surface area contributed by atoms with E-state index in [-0.39, 0.29) is 0 Å². The lowest BCUT2D eigenvalue weighted by Gasteiger charge is -2.21. The summed E-state index contributed by atoms with van der Waals surface area (Å²) in [5, 5.41) is 4.47. The normalized spacial score (nSPS) is 12.7. The van der Waals surface area contributed by atoms with Crippen molar-refractivity contribution in [2.75, 3.05) is 33.7 Å². The molecule has 1 atom stereocenters. The highest BCUT2D eigenvalue weighted by Gasteiger charge is 2.13. The maximum atomic E-state index is 6.09. The zero-order valence-electron chi connectivity index (χ0n) is 11.6. The summed E-state index contributed by atoms with van der Waals surface area (Å²) in [6, 6.07) is 5.90. The highest BCUT2D eigenvalue weighted by Crippen LogP contribution is 2.27. The van der Waals surface area contributed by atoms with Crippen LogP contribution < -0.4 is 5.32 Å². The SMILES string of the molecule is C=CCN(C)CCC(CNC)c1ccc(Cl)c(Cl)c1. The average Bonchev–Trinajstić information content (AvgIpc) is 2.38. The van der Waals surface area contributed by atoms with Crippen LogP contribution in [0.1, 0.15) is 17.9 Å². The van der Waals surface area contributed by atoms with Crippen molar-refractivity contribution >= 4 is 23.2 Å². The summed E-state index contributed by atoms with van der Waals surface area (Å²) in [5.41, 5.74) is 1.23. The van der Waals surface area contributed by atoms with Gasteiger partial charge in [0, 0.05) is 13.1 Å². The van der Waals surface area contributed by atoms with Gasteiger partial charge in [-0.1, -0.05) is 35.3 Å². The fourth-order valence-electron chi connectivity index (χ4n) is 2.09. The molecule has 1 aromatic carbocycles. The van der Waals surface area contributed by atoms with Crippen LogP contribution in [0.3, 0.4) is 0 Å². The van der Waals surface area contributed by atoms with Crippen LogP contribution >= 0.6 is 23.2 Å². The van der Waals surface area contributed by atoms with Crippen molar-refractivity contribution in [3.05, 3.63) is 46.5 Å². The molecule has 4 heteroatoms. The van der Waals surface area contributed by atoms with E-state index in [1.54, 1.807) is 0 Å². The number of likely N-dealkylation sites (N-methyl/N-ethyl adjacent to an activating group) is 2. The third-order valence-electron chi connectivity index (χ3n) is 3.17. The first kappa shape index (κ1) is 16.5. The molecule has 1 aromatic rings. The second-order valence-electron chi connectivity index (χ2n) is 4.77. The predicted molar refractivity (Wildman–Crippen MR) is 85.4 cm³/mol. The minimum Gasteiger partial charge on any atom is -0.319 e. The van der Waals surface area contributed by atoms with Crippen LogP contribution in [0.4, 0.5) is 0 Å². The Morgan fingerprint density at radius 2 is 2.11 bits per heavy atom. The number of hydrogen-bond acceptors (Lipinski definition) is 2. The number of rotatable bonds is 8. The van der Waals surface area contributed by atoms with E-state index in [0.29, 0.717) is 16.0 Å². The Morgan fingerprint density at radius 1 is 1.37 bits per heavy atom. The molecule has 19 heavy (non-hydrogen) atoms. The van der Waals surface area contributed by atoms with E-state index in [1.165, 1.54) is 5.56 Å². The van der Waals surface area contributed by atoms with E-state index in [0.717, 1.165) is 26.1 Å². The molecule has 0 bridgehead atoms. The minimum atomic E-state index is 0.437. The summed E-state index contributed by atoms with van der Waals surface area (Å²) in [5.74, 6) is 0.437. The lowest BCUT2D eigenvalue weighted by molar-refractivity contribution is 0.347. The molecule has 0 saturated carbocycles. The van der Waals surface area contributed by atoms with E-state index in [9.17, 15) is 0 Å². The van der Waals surface area contributed by atoms with Crippen molar-refractivity contribution in [2.24, 2.45) is 0 Å². The number of benzene rings is 1. The average molecular weight is 301 g/mol. The Morgan fingerprint density at radius 3 is 2.68 bits per heavy atom. The maximum Gasteiger partial charge on any atom is 0.0595 e. The third-order valence-corrected chi connectivity index (χ3v) is 3.90. The van der Waals surface area contributed by atoms with Crippen LogP contribution in [-0.2, 0) is 0 Å². The molecule has 0 aromatic heterocycles. The fraction of sp³-hybridized carbons (Fsp3) is 0.467. The quantitative estimate of drug-likeness (QED) is 0.735. The van der Waals surface area contributed by atoms with E-state index in [4.69, 9.17) is 23.2 Å². The molecule has 0 aliphatic heterocycles. The summed E-state index contributed by atoms with van der Waals surface area (Å²) in [4.78, 5) is 2.26. The van der Waals surface area contributed by atoms with Gasteiger partial charge in [0.1, 0.15) is 0 Å². The molecule has 0 spiro atoms. The van der Waals surface area contributed by atoms with E-state index in [2.05, 4.69) is 29.9 Å². The van der Waals surface area contributed by atoms with Crippen molar-refractivity contribution in [2.45, 2.75) is 12.3 Å². The third kappa shape index (κ3) is 5.53. The monoisotopic (exact) mass is 300 g/mol. The molecule has 0 fully saturated rings. The Labute approximate surface area is 126 Å². The molecule has 1 N–H and O–H groups in total. The molecule has 0 aliphatic carbocycles. The molecule has 2 nitrogen and oxygen atoms in total. The summed E-state index contributed by atoms with van der Waals surface area (Å²) in [7, 11) is 4.07. The highest BCUT2D eigenvalue weighted by atomic mass is 35.5. The molecule has 0 saturated heterocycles. The number of halogens is 2.